The van der Waals surface area contributed by atoms with Crippen molar-refractivity contribution in [2.75, 3.05) is 18.9 Å². The Morgan fingerprint density at radius 1 is 1.19 bits per heavy atom. The highest BCUT2D eigenvalue weighted by Gasteiger charge is 2.10. The third-order valence-electron chi connectivity index (χ3n) is 3.36. The van der Waals surface area contributed by atoms with Gasteiger partial charge in [-0.1, -0.05) is 41.9 Å². The summed E-state index contributed by atoms with van der Waals surface area (Å²) in [7, 11) is 1.81. The molecule has 0 saturated carbocycles. The van der Waals surface area contributed by atoms with E-state index in [1.807, 2.05) is 37.4 Å². The number of hydrogen-bond donors (Lipinski definition) is 1. The molecule has 2 rings (SSSR count). The predicted molar refractivity (Wildman–Crippen MR) is 87.6 cm³/mol. The van der Waals surface area contributed by atoms with Crippen molar-refractivity contribution in [3.05, 3.63) is 64.7 Å². The van der Waals surface area contributed by atoms with Crippen LogP contribution in [0.3, 0.4) is 0 Å². The summed E-state index contributed by atoms with van der Waals surface area (Å²) in [5.74, 6) is 0.0400. The van der Waals surface area contributed by atoms with Crippen LogP contribution in [0.25, 0.3) is 0 Å². The van der Waals surface area contributed by atoms with Crippen molar-refractivity contribution in [2.45, 2.75) is 13.5 Å². The molecule has 0 aromatic heterocycles. The van der Waals surface area contributed by atoms with E-state index >= 15 is 0 Å². The lowest BCUT2D eigenvalue weighted by molar-refractivity contribution is -0.128. The minimum atomic E-state index is 0.0400. The van der Waals surface area contributed by atoms with Gasteiger partial charge in [-0.25, -0.2) is 0 Å². The molecule has 0 spiro atoms. The fourth-order valence-corrected chi connectivity index (χ4v) is 2.23. The van der Waals surface area contributed by atoms with Gasteiger partial charge in [0.2, 0.25) is 5.91 Å². The van der Waals surface area contributed by atoms with Crippen molar-refractivity contribution < 1.29 is 4.79 Å². The van der Waals surface area contributed by atoms with Crippen LogP contribution in [0, 0.1) is 6.92 Å². The second-order valence-electron chi connectivity index (χ2n) is 5.04. The minimum absolute atomic E-state index is 0.0400. The number of amides is 1. The first-order chi connectivity index (χ1) is 10.1. The van der Waals surface area contributed by atoms with Gasteiger partial charge in [0.15, 0.2) is 0 Å². The molecular formula is C17H19ClN2O. The molecule has 3 nitrogen and oxygen atoms in total. The lowest BCUT2D eigenvalue weighted by atomic mass is 10.1. The first-order valence-corrected chi connectivity index (χ1v) is 7.22. The molecule has 21 heavy (non-hydrogen) atoms. The summed E-state index contributed by atoms with van der Waals surface area (Å²) < 4.78 is 0. The summed E-state index contributed by atoms with van der Waals surface area (Å²) in [6.07, 6.45) is 0. The van der Waals surface area contributed by atoms with Crippen LogP contribution < -0.4 is 5.32 Å². The number of nitrogens with zero attached hydrogens (tertiary/aromatic N) is 1. The maximum Gasteiger partial charge on any atom is 0.241 e. The topological polar surface area (TPSA) is 32.3 Å². The minimum Gasteiger partial charge on any atom is -0.376 e. The third kappa shape index (κ3) is 4.50. The molecule has 0 atom stereocenters. The molecule has 110 valence electrons. The number of likely N-dealkylation sites (N-methyl/N-ethyl adjacent to an activating group) is 1. The van der Waals surface area contributed by atoms with Crippen LogP contribution in [0.1, 0.15) is 11.1 Å². The highest BCUT2D eigenvalue weighted by molar-refractivity contribution is 6.30. The molecule has 1 N–H and O–H groups in total. The van der Waals surface area contributed by atoms with Crippen LogP contribution in [0.15, 0.2) is 48.5 Å². The van der Waals surface area contributed by atoms with Gasteiger partial charge in [0.1, 0.15) is 0 Å². The normalized spacial score (nSPS) is 10.2. The van der Waals surface area contributed by atoms with Crippen molar-refractivity contribution in [2.24, 2.45) is 0 Å². The number of benzene rings is 2. The number of nitrogens with one attached hydrogen (secondary N) is 1. The molecule has 0 fully saturated rings. The summed E-state index contributed by atoms with van der Waals surface area (Å²) in [4.78, 5) is 13.9. The molecule has 1 amide bonds. The van der Waals surface area contributed by atoms with Gasteiger partial charge in [0, 0.05) is 24.3 Å². The van der Waals surface area contributed by atoms with Gasteiger partial charge in [-0.05, 0) is 36.2 Å². The SMILES string of the molecule is Cc1ccccc1CN(C)C(=O)CNc1cccc(Cl)c1. The number of carbonyl (C=O) groups excluding carboxylic acids is 1. The fraction of sp³-hybridized carbons (Fsp3) is 0.235. The Hall–Kier alpha value is -2.00. The van der Waals surface area contributed by atoms with Gasteiger partial charge in [0.05, 0.1) is 6.54 Å². The van der Waals surface area contributed by atoms with Crippen LogP contribution >= 0.6 is 11.6 Å². The zero-order chi connectivity index (χ0) is 15.2. The molecule has 0 bridgehead atoms. The Balaban J connectivity index is 1.90. The zero-order valence-electron chi connectivity index (χ0n) is 12.3. The van der Waals surface area contributed by atoms with E-state index in [-0.39, 0.29) is 12.5 Å². The van der Waals surface area contributed by atoms with Crippen LogP contribution in [-0.4, -0.2) is 24.4 Å². The molecule has 0 heterocycles. The van der Waals surface area contributed by atoms with Crippen molar-refractivity contribution in [1.29, 1.82) is 0 Å². The summed E-state index contributed by atoms with van der Waals surface area (Å²) in [6, 6.07) is 15.4. The highest BCUT2D eigenvalue weighted by atomic mass is 35.5. The molecule has 0 aliphatic heterocycles. The van der Waals surface area contributed by atoms with E-state index in [0.29, 0.717) is 11.6 Å². The average molecular weight is 303 g/mol. The lowest BCUT2D eigenvalue weighted by Gasteiger charge is -2.19. The van der Waals surface area contributed by atoms with Crippen LogP contribution in [0.5, 0.6) is 0 Å². The maximum atomic E-state index is 12.1. The van der Waals surface area contributed by atoms with Crippen LogP contribution in [0.4, 0.5) is 5.69 Å². The number of carbonyl (C=O) groups is 1. The van der Waals surface area contributed by atoms with E-state index < -0.39 is 0 Å². The molecular weight excluding hydrogens is 284 g/mol. The number of anilines is 1. The van der Waals surface area contributed by atoms with Crippen LogP contribution in [-0.2, 0) is 11.3 Å². The lowest BCUT2D eigenvalue weighted by Crippen LogP contribution is -2.31. The first-order valence-electron chi connectivity index (χ1n) is 6.84. The summed E-state index contributed by atoms with van der Waals surface area (Å²) in [6.45, 7) is 2.92. The second-order valence-corrected chi connectivity index (χ2v) is 5.48. The van der Waals surface area contributed by atoms with Gasteiger partial charge >= 0.3 is 0 Å². The molecule has 0 aliphatic carbocycles. The Bertz CT molecular complexity index is 628. The van der Waals surface area contributed by atoms with Crippen LogP contribution in [0.2, 0.25) is 5.02 Å². The summed E-state index contributed by atoms with van der Waals surface area (Å²) in [5, 5.41) is 3.74. The standard InChI is InChI=1S/C17H19ClN2O/c1-13-6-3-4-7-14(13)12-20(2)17(21)11-19-16-9-5-8-15(18)10-16/h3-10,19H,11-12H2,1-2H3. The predicted octanol–water partition coefficient (Wildman–Crippen LogP) is 3.72. The Morgan fingerprint density at radius 3 is 2.67 bits per heavy atom. The molecule has 2 aromatic carbocycles. The second kappa shape index (κ2) is 7.14. The quantitative estimate of drug-likeness (QED) is 0.913. The van der Waals surface area contributed by atoms with Gasteiger partial charge in [0.25, 0.3) is 0 Å². The van der Waals surface area contributed by atoms with Crippen molar-refractivity contribution in [1.82, 2.24) is 4.90 Å². The largest absolute Gasteiger partial charge is 0.376 e. The van der Waals surface area contributed by atoms with E-state index in [9.17, 15) is 4.79 Å². The monoisotopic (exact) mass is 302 g/mol. The van der Waals surface area contributed by atoms with Gasteiger partial charge < -0.3 is 10.2 Å². The Kier molecular flexibility index (Phi) is 5.23. The number of halogens is 1. The van der Waals surface area contributed by atoms with E-state index in [2.05, 4.69) is 18.3 Å². The van der Waals surface area contributed by atoms with Crippen molar-refractivity contribution in [3.63, 3.8) is 0 Å². The first kappa shape index (κ1) is 15.4. The smallest absolute Gasteiger partial charge is 0.241 e. The van der Waals surface area contributed by atoms with Gasteiger partial charge in [-0.3, -0.25) is 4.79 Å². The number of hydrogen-bond acceptors (Lipinski definition) is 2. The summed E-state index contributed by atoms with van der Waals surface area (Å²) in [5.41, 5.74) is 3.20. The Labute approximate surface area is 130 Å². The fourth-order valence-electron chi connectivity index (χ4n) is 2.04. The summed E-state index contributed by atoms with van der Waals surface area (Å²) >= 11 is 5.91. The zero-order valence-corrected chi connectivity index (χ0v) is 13.0. The molecule has 0 unspecified atom stereocenters. The van der Waals surface area contributed by atoms with Gasteiger partial charge in [-0.2, -0.15) is 0 Å². The van der Waals surface area contributed by atoms with Crippen molar-refractivity contribution >= 4 is 23.2 Å². The van der Waals surface area contributed by atoms with E-state index in [0.717, 1.165) is 11.3 Å². The van der Waals surface area contributed by atoms with Gasteiger partial charge in [-0.15, -0.1) is 0 Å². The molecule has 0 radical (unpaired) electrons. The van der Waals surface area contributed by atoms with E-state index in [4.69, 9.17) is 11.6 Å². The third-order valence-corrected chi connectivity index (χ3v) is 3.60. The number of aryl methyl sites for hydroxylation is 1. The Morgan fingerprint density at radius 2 is 1.95 bits per heavy atom. The van der Waals surface area contributed by atoms with Crippen molar-refractivity contribution in [3.8, 4) is 0 Å². The highest BCUT2D eigenvalue weighted by Crippen LogP contribution is 2.15. The molecule has 0 saturated heterocycles. The molecule has 0 aliphatic rings. The average Bonchev–Trinajstić information content (AvgIpc) is 2.47. The van der Waals surface area contributed by atoms with E-state index in [1.54, 1.807) is 17.0 Å². The molecule has 4 heteroatoms. The molecule has 2 aromatic rings. The number of rotatable bonds is 5. The maximum absolute atomic E-state index is 12.1. The van der Waals surface area contributed by atoms with E-state index in [1.165, 1.54) is 5.56 Å².